The molecule has 0 aliphatic carbocycles. The van der Waals surface area contributed by atoms with E-state index in [1.54, 1.807) is 0 Å². The summed E-state index contributed by atoms with van der Waals surface area (Å²) in [7, 11) is 0. The van der Waals surface area contributed by atoms with Crippen molar-refractivity contribution in [2.45, 2.75) is 25.7 Å². The summed E-state index contributed by atoms with van der Waals surface area (Å²) in [5.41, 5.74) is 7.91. The third kappa shape index (κ3) is 1.34. The zero-order chi connectivity index (χ0) is 11.1. The van der Waals surface area contributed by atoms with E-state index in [4.69, 9.17) is 10.5 Å². The summed E-state index contributed by atoms with van der Waals surface area (Å²) >= 11 is 0. The molecule has 2 atom stereocenters. The van der Waals surface area contributed by atoms with Crippen molar-refractivity contribution in [1.82, 2.24) is 9.78 Å². The fourth-order valence-corrected chi connectivity index (χ4v) is 2.38. The van der Waals surface area contributed by atoms with Crippen LogP contribution >= 0.6 is 0 Å². The number of fused-ring (bicyclic) bond motifs is 3. The van der Waals surface area contributed by atoms with E-state index in [0.29, 0.717) is 6.54 Å². The van der Waals surface area contributed by atoms with E-state index in [2.05, 4.69) is 18.1 Å². The van der Waals surface area contributed by atoms with Crippen LogP contribution < -0.4 is 5.73 Å². The van der Waals surface area contributed by atoms with Gasteiger partial charge in [0.25, 0.3) is 0 Å². The molecular formula is C12H15N3O. The second-order valence-corrected chi connectivity index (χ2v) is 4.26. The molecule has 2 aromatic rings. The van der Waals surface area contributed by atoms with Crippen molar-refractivity contribution in [3.63, 3.8) is 0 Å². The maximum atomic E-state index is 5.84. The highest BCUT2D eigenvalue weighted by Crippen LogP contribution is 2.30. The Bertz CT molecular complexity index is 520. The molecule has 0 fully saturated rings. The maximum absolute atomic E-state index is 5.84. The summed E-state index contributed by atoms with van der Waals surface area (Å²) in [6.45, 7) is 3.36. The first kappa shape index (κ1) is 9.81. The molecule has 1 unspecified atom stereocenters. The molecule has 4 nitrogen and oxygen atoms in total. The van der Waals surface area contributed by atoms with Crippen LogP contribution in [0, 0.1) is 0 Å². The van der Waals surface area contributed by atoms with Crippen LogP contribution in [0.2, 0.25) is 0 Å². The molecule has 0 amide bonds. The van der Waals surface area contributed by atoms with Crippen LogP contribution in [0.3, 0.4) is 0 Å². The standard InChI is InChI=1S/C12H15N3O/c1-8-7-15-12(11(6-13)16-8)9-4-2-3-5-10(9)14-15/h2-5,8,11H,6-7,13H2,1H3/t8?,11-/m0/s1. The molecule has 0 saturated heterocycles. The van der Waals surface area contributed by atoms with Crippen LogP contribution in [0.15, 0.2) is 24.3 Å². The van der Waals surface area contributed by atoms with Gasteiger partial charge >= 0.3 is 0 Å². The highest BCUT2D eigenvalue weighted by Gasteiger charge is 2.27. The van der Waals surface area contributed by atoms with E-state index in [9.17, 15) is 0 Å². The minimum Gasteiger partial charge on any atom is -0.366 e. The number of hydrogen-bond donors (Lipinski definition) is 1. The number of hydrogen-bond acceptors (Lipinski definition) is 3. The average molecular weight is 217 g/mol. The molecular weight excluding hydrogens is 202 g/mol. The van der Waals surface area contributed by atoms with Gasteiger partial charge in [-0.15, -0.1) is 0 Å². The average Bonchev–Trinajstić information content (AvgIpc) is 2.65. The van der Waals surface area contributed by atoms with Gasteiger partial charge in [-0.1, -0.05) is 18.2 Å². The monoisotopic (exact) mass is 217 g/mol. The summed E-state index contributed by atoms with van der Waals surface area (Å²) < 4.78 is 7.88. The second kappa shape index (κ2) is 3.57. The number of ether oxygens (including phenoxy) is 1. The molecule has 2 heterocycles. The molecule has 1 aliphatic heterocycles. The zero-order valence-corrected chi connectivity index (χ0v) is 9.26. The first-order valence-corrected chi connectivity index (χ1v) is 5.60. The Hall–Kier alpha value is -1.39. The maximum Gasteiger partial charge on any atom is 0.112 e. The van der Waals surface area contributed by atoms with Crippen LogP contribution in [0.1, 0.15) is 18.7 Å². The fourth-order valence-electron chi connectivity index (χ4n) is 2.38. The molecule has 1 aliphatic rings. The summed E-state index contributed by atoms with van der Waals surface area (Å²) in [4.78, 5) is 0. The fraction of sp³-hybridized carbons (Fsp3) is 0.417. The lowest BCUT2D eigenvalue weighted by molar-refractivity contribution is -0.0344. The molecule has 1 aromatic heterocycles. The summed E-state index contributed by atoms with van der Waals surface area (Å²) in [6.07, 6.45) is 0.145. The topological polar surface area (TPSA) is 53.1 Å². The van der Waals surface area contributed by atoms with Gasteiger partial charge in [-0.3, -0.25) is 4.68 Å². The lowest BCUT2D eigenvalue weighted by atomic mass is 10.1. The Morgan fingerprint density at radius 2 is 2.31 bits per heavy atom. The van der Waals surface area contributed by atoms with Gasteiger partial charge in [-0.25, -0.2) is 0 Å². The van der Waals surface area contributed by atoms with E-state index in [1.165, 1.54) is 0 Å². The van der Waals surface area contributed by atoms with Crippen LogP contribution in [0.25, 0.3) is 10.9 Å². The van der Waals surface area contributed by atoms with E-state index in [-0.39, 0.29) is 12.2 Å². The van der Waals surface area contributed by atoms with Crippen molar-refractivity contribution >= 4 is 10.9 Å². The molecule has 0 bridgehead atoms. The highest BCUT2D eigenvalue weighted by molar-refractivity contribution is 5.82. The number of rotatable bonds is 1. The summed E-state index contributed by atoms with van der Waals surface area (Å²) in [6, 6.07) is 8.13. The van der Waals surface area contributed by atoms with Gasteiger partial charge in [0.1, 0.15) is 6.10 Å². The van der Waals surface area contributed by atoms with Crippen molar-refractivity contribution < 1.29 is 4.74 Å². The molecule has 4 heteroatoms. The zero-order valence-electron chi connectivity index (χ0n) is 9.26. The lowest BCUT2D eigenvalue weighted by Gasteiger charge is -2.28. The summed E-state index contributed by atoms with van der Waals surface area (Å²) in [5.74, 6) is 0. The number of nitrogens with two attached hydrogens (primary N) is 1. The molecule has 16 heavy (non-hydrogen) atoms. The Balaban J connectivity index is 2.23. The highest BCUT2D eigenvalue weighted by atomic mass is 16.5. The first-order valence-electron chi connectivity index (χ1n) is 5.60. The summed E-state index contributed by atoms with van der Waals surface area (Å²) in [5, 5.41) is 5.74. The number of nitrogens with zero attached hydrogens (tertiary/aromatic N) is 2. The predicted molar refractivity (Wildman–Crippen MR) is 62.1 cm³/mol. The third-order valence-electron chi connectivity index (χ3n) is 3.03. The molecule has 0 saturated carbocycles. The lowest BCUT2D eigenvalue weighted by Crippen LogP contribution is -2.32. The molecule has 0 spiro atoms. The van der Waals surface area contributed by atoms with E-state index >= 15 is 0 Å². The smallest absolute Gasteiger partial charge is 0.112 e. The Morgan fingerprint density at radius 1 is 1.50 bits per heavy atom. The predicted octanol–water partition coefficient (Wildman–Crippen LogP) is 1.45. The Labute approximate surface area is 94.0 Å². The van der Waals surface area contributed by atoms with Gasteiger partial charge in [-0.05, 0) is 13.0 Å². The molecule has 84 valence electrons. The van der Waals surface area contributed by atoms with Crippen LogP contribution in [-0.4, -0.2) is 22.4 Å². The van der Waals surface area contributed by atoms with E-state index < -0.39 is 0 Å². The van der Waals surface area contributed by atoms with Crippen molar-refractivity contribution in [3.8, 4) is 0 Å². The van der Waals surface area contributed by atoms with Gasteiger partial charge in [0.15, 0.2) is 0 Å². The van der Waals surface area contributed by atoms with Crippen molar-refractivity contribution in [1.29, 1.82) is 0 Å². The van der Waals surface area contributed by atoms with Crippen molar-refractivity contribution in [2.75, 3.05) is 6.54 Å². The second-order valence-electron chi connectivity index (χ2n) is 4.26. The van der Waals surface area contributed by atoms with E-state index in [1.807, 2.05) is 22.9 Å². The van der Waals surface area contributed by atoms with Gasteiger partial charge in [-0.2, -0.15) is 5.10 Å². The van der Waals surface area contributed by atoms with Gasteiger partial charge in [0.05, 0.1) is 23.9 Å². The molecule has 2 N–H and O–H groups in total. The van der Waals surface area contributed by atoms with Crippen LogP contribution in [0.5, 0.6) is 0 Å². The van der Waals surface area contributed by atoms with Gasteiger partial charge in [0, 0.05) is 11.9 Å². The van der Waals surface area contributed by atoms with E-state index in [0.717, 1.165) is 23.1 Å². The van der Waals surface area contributed by atoms with Gasteiger partial charge < -0.3 is 10.5 Å². The minimum atomic E-state index is -0.0313. The van der Waals surface area contributed by atoms with Crippen LogP contribution in [-0.2, 0) is 11.3 Å². The molecule has 3 rings (SSSR count). The Morgan fingerprint density at radius 3 is 3.12 bits per heavy atom. The number of aromatic nitrogens is 2. The quantitative estimate of drug-likeness (QED) is 0.786. The molecule has 0 radical (unpaired) electrons. The van der Waals surface area contributed by atoms with Crippen molar-refractivity contribution in [2.24, 2.45) is 5.73 Å². The van der Waals surface area contributed by atoms with Gasteiger partial charge in [0.2, 0.25) is 0 Å². The first-order chi connectivity index (χ1) is 7.79. The Kier molecular flexibility index (Phi) is 2.19. The molecule has 1 aromatic carbocycles. The third-order valence-corrected chi connectivity index (χ3v) is 3.03. The minimum absolute atomic E-state index is 0.0313. The number of benzene rings is 1. The normalized spacial score (nSPS) is 24.6. The van der Waals surface area contributed by atoms with Crippen LogP contribution in [0.4, 0.5) is 0 Å². The SMILES string of the molecule is CC1Cn2nc3ccccc3c2[C@H](CN)O1. The largest absolute Gasteiger partial charge is 0.366 e. The van der Waals surface area contributed by atoms with Crippen molar-refractivity contribution in [3.05, 3.63) is 30.0 Å².